The first-order chi connectivity index (χ1) is 27.0. The van der Waals surface area contributed by atoms with Crippen molar-refractivity contribution in [3.05, 3.63) is 150 Å². The fourth-order valence-electron chi connectivity index (χ4n) is 8.95. The van der Waals surface area contributed by atoms with Crippen LogP contribution in [0.25, 0.3) is 38.7 Å². The zero-order chi connectivity index (χ0) is 38.3. The van der Waals surface area contributed by atoms with E-state index in [1.54, 1.807) is 0 Å². The summed E-state index contributed by atoms with van der Waals surface area (Å²) in [4.78, 5) is 15.0. The number of aryl methyl sites for hydroxylation is 2. The lowest BCUT2D eigenvalue weighted by atomic mass is 9.87. The zero-order valence-corrected chi connectivity index (χ0v) is 33.5. The van der Waals surface area contributed by atoms with E-state index in [1.807, 2.05) is 6.20 Å². The molecule has 0 atom stereocenters. The number of pyridine rings is 1. The third-order valence-corrected chi connectivity index (χ3v) is 12.1. The van der Waals surface area contributed by atoms with Gasteiger partial charge in [-0.25, -0.2) is 9.97 Å². The fourth-order valence-corrected chi connectivity index (χ4v) is 8.95. The summed E-state index contributed by atoms with van der Waals surface area (Å²) < 4.78 is 4.80. The summed E-state index contributed by atoms with van der Waals surface area (Å²) in [5, 5.41) is 2.50. The third kappa shape index (κ3) is 5.85. The van der Waals surface area contributed by atoms with Crippen molar-refractivity contribution in [3.8, 4) is 5.82 Å². The molecule has 0 saturated carbocycles. The van der Waals surface area contributed by atoms with Crippen LogP contribution in [0, 0.1) is 0 Å². The Bertz CT molecular complexity index is 2790. The normalized spacial score (nSPS) is 14.6. The molecule has 0 bridgehead atoms. The van der Waals surface area contributed by atoms with E-state index in [9.17, 15) is 0 Å². The quantitative estimate of drug-likeness (QED) is 0.177. The summed E-state index contributed by atoms with van der Waals surface area (Å²) in [5.41, 5.74) is 14.9. The SMILES string of the molecule is CC(C)(C)c1ccc(N2CN(c3cccc(Cc4ccc5c6ccccc6n(-c6cc(C(C)(C)C)ccn6)c5c4)c3)c3cc4nc5n(c4cc32)CCCC5)cc1. The number of imidazole rings is 1. The predicted octanol–water partition coefficient (Wildman–Crippen LogP) is 12.3. The highest BCUT2D eigenvalue weighted by Gasteiger charge is 2.31. The lowest BCUT2D eigenvalue weighted by Crippen LogP contribution is -2.24. The van der Waals surface area contributed by atoms with Gasteiger partial charge in [0, 0.05) is 41.3 Å². The topological polar surface area (TPSA) is 42.1 Å². The monoisotopic (exact) mass is 734 g/mol. The molecule has 5 heterocycles. The first-order valence-corrected chi connectivity index (χ1v) is 20.3. The highest BCUT2D eigenvalue weighted by atomic mass is 15.4. The Labute approximate surface area is 330 Å². The van der Waals surface area contributed by atoms with Gasteiger partial charge in [0.05, 0.1) is 33.4 Å². The molecule has 56 heavy (non-hydrogen) atoms. The van der Waals surface area contributed by atoms with Gasteiger partial charge in [0.15, 0.2) is 0 Å². The Hall–Kier alpha value is -5.88. The fraction of sp³-hybridized carbons (Fsp3) is 0.280. The van der Waals surface area contributed by atoms with Gasteiger partial charge < -0.3 is 14.4 Å². The molecule has 0 unspecified atom stereocenters. The van der Waals surface area contributed by atoms with E-state index >= 15 is 0 Å². The number of hydrogen-bond acceptors (Lipinski definition) is 4. The summed E-state index contributed by atoms with van der Waals surface area (Å²) in [5.74, 6) is 2.18. The second-order valence-corrected chi connectivity index (χ2v) is 18.0. The van der Waals surface area contributed by atoms with Gasteiger partial charge in [-0.15, -0.1) is 0 Å². The average Bonchev–Trinajstić information content (AvgIpc) is 3.85. The third-order valence-electron chi connectivity index (χ3n) is 12.1. The number of aromatic nitrogens is 4. The first-order valence-electron chi connectivity index (χ1n) is 20.3. The molecule has 0 saturated heterocycles. The van der Waals surface area contributed by atoms with Crippen LogP contribution in [0.4, 0.5) is 22.7 Å². The molecule has 6 heteroatoms. The average molecular weight is 735 g/mol. The Kier molecular flexibility index (Phi) is 7.93. The van der Waals surface area contributed by atoms with Crippen molar-refractivity contribution in [1.29, 1.82) is 0 Å². The largest absolute Gasteiger partial charge is 0.328 e. The van der Waals surface area contributed by atoms with E-state index in [2.05, 4.69) is 176 Å². The molecule has 2 aliphatic rings. The van der Waals surface area contributed by atoms with E-state index < -0.39 is 0 Å². The van der Waals surface area contributed by atoms with E-state index in [1.165, 1.54) is 91.0 Å². The standard InChI is InChI=1S/C50H50N6/c1-49(2,3)35-18-20-37(21-19-35)54-32-55(45-30-41-44(31-46(45)54)53-25-10-9-16-47(53)52-41)38-13-11-12-33(27-38)26-34-17-22-40-39-14-7-8-15-42(39)56(43(40)28-34)48-29-36(23-24-51-48)50(4,5)6/h7-8,11-15,17-24,27-31H,9-10,16,25-26,32H2,1-6H3. The molecule has 2 aliphatic heterocycles. The van der Waals surface area contributed by atoms with Crippen LogP contribution in [0.1, 0.15) is 82.5 Å². The van der Waals surface area contributed by atoms with Crippen LogP contribution in [0.15, 0.2) is 121 Å². The minimum atomic E-state index is 0.0283. The van der Waals surface area contributed by atoms with Crippen molar-refractivity contribution in [3.63, 3.8) is 0 Å². The Morgan fingerprint density at radius 2 is 1.34 bits per heavy atom. The van der Waals surface area contributed by atoms with E-state index in [0.29, 0.717) is 0 Å². The summed E-state index contributed by atoms with van der Waals surface area (Å²) in [7, 11) is 0. The lowest BCUT2D eigenvalue weighted by molar-refractivity contribution is 0.533. The summed E-state index contributed by atoms with van der Waals surface area (Å²) in [6.45, 7) is 15.4. The maximum atomic E-state index is 5.17. The molecule has 5 aromatic carbocycles. The van der Waals surface area contributed by atoms with Crippen LogP contribution in [0.3, 0.4) is 0 Å². The van der Waals surface area contributed by atoms with Gasteiger partial charge >= 0.3 is 0 Å². The molecule has 8 aromatic rings. The minimum Gasteiger partial charge on any atom is -0.328 e. The molecule has 3 aromatic heterocycles. The molecule has 0 radical (unpaired) electrons. The number of benzene rings is 5. The molecule has 0 fully saturated rings. The second kappa shape index (κ2) is 12.8. The molecule has 0 aliphatic carbocycles. The maximum Gasteiger partial charge on any atom is 0.137 e. The van der Waals surface area contributed by atoms with Crippen LogP contribution in [0.5, 0.6) is 0 Å². The van der Waals surface area contributed by atoms with E-state index in [0.717, 1.165) is 37.4 Å². The number of para-hydroxylation sites is 1. The molecule has 0 N–H and O–H groups in total. The summed E-state index contributed by atoms with van der Waals surface area (Å²) >= 11 is 0. The van der Waals surface area contributed by atoms with Crippen LogP contribution < -0.4 is 9.80 Å². The zero-order valence-electron chi connectivity index (χ0n) is 33.5. The van der Waals surface area contributed by atoms with Gasteiger partial charge in [-0.1, -0.05) is 96.1 Å². The van der Waals surface area contributed by atoms with Gasteiger partial charge in [-0.05, 0) is 113 Å². The van der Waals surface area contributed by atoms with E-state index in [-0.39, 0.29) is 10.8 Å². The van der Waals surface area contributed by atoms with Crippen molar-refractivity contribution >= 4 is 55.6 Å². The van der Waals surface area contributed by atoms with Gasteiger partial charge in [0.2, 0.25) is 0 Å². The number of hydrogen-bond donors (Lipinski definition) is 0. The van der Waals surface area contributed by atoms with Crippen LogP contribution in [-0.2, 0) is 30.2 Å². The maximum absolute atomic E-state index is 5.17. The smallest absolute Gasteiger partial charge is 0.137 e. The minimum absolute atomic E-state index is 0.0283. The number of rotatable bonds is 5. The van der Waals surface area contributed by atoms with Crippen LogP contribution >= 0.6 is 0 Å². The van der Waals surface area contributed by atoms with Crippen molar-refractivity contribution in [1.82, 2.24) is 19.1 Å². The number of anilines is 4. The Morgan fingerprint density at radius 1 is 0.589 bits per heavy atom. The molecule has 6 nitrogen and oxygen atoms in total. The first kappa shape index (κ1) is 34.6. The summed E-state index contributed by atoms with van der Waals surface area (Å²) in [6.07, 6.45) is 6.26. The van der Waals surface area contributed by atoms with Crippen molar-refractivity contribution < 1.29 is 0 Å². The Morgan fingerprint density at radius 3 is 2.16 bits per heavy atom. The molecule has 10 rings (SSSR count). The number of nitrogens with zero attached hydrogens (tertiary/aromatic N) is 6. The van der Waals surface area contributed by atoms with Crippen molar-refractivity contribution in [2.45, 2.75) is 84.6 Å². The van der Waals surface area contributed by atoms with Gasteiger partial charge in [0.1, 0.15) is 18.3 Å². The highest BCUT2D eigenvalue weighted by Crippen LogP contribution is 2.47. The predicted molar refractivity (Wildman–Crippen MR) is 233 cm³/mol. The van der Waals surface area contributed by atoms with Crippen molar-refractivity contribution in [2.75, 3.05) is 16.5 Å². The molecular weight excluding hydrogens is 685 g/mol. The van der Waals surface area contributed by atoms with Crippen LogP contribution in [-0.4, -0.2) is 25.8 Å². The van der Waals surface area contributed by atoms with Gasteiger partial charge in [0.25, 0.3) is 0 Å². The van der Waals surface area contributed by atoms with Gasteiger partial charge in [-0.2, -0.15) is 0 Å². The molecule has 280 valence electrons. The van der Waals surface area contributed by atoms with Gasteiger partial charge in [-0.3, -0.25) is 4.57 Å². The Balaban J connectivity index is 1.03. The highest BCUT2D eigenvalue weighted by molar-refractivity contribution is 6.09. The molecular formula is C50H50N6. The second-order valence-electron chi connectivity index (χ2n) is 18.0. The lowest BCUT2D eigenvalue weighted by Gasteiger charge is -2.24. The molecule has 0 spiro atoms. The van der Waals surface area contributed by atoms with Crippen molar-refractivity contribution in [2.24, 2.45) is 0 Å². The van der Waals surface area contributed by atoms with Crippen LogP contribution in [0.2, 0.25) is 0 Å². The van der Waals surface area contributed by atoms with E-state index in [4.69, 9.17) is 9.97 Å². The molecule has 0 amide bonds. The number of fused-ring (bicyclic) bond motifs is 7. The summed E-state index contributed by atoms with van der Waals surface area (Å²) in [6, 6.07) is 43.1.